The van der Waals surface area contributed by atoms with E-state index in [1.165, 1.54) is 22.5 Å². The van der Waals surface area contributed by atoms with Crippen LogP contribution in [0, 0.1) is 11.3 Å². The summed E-state index contributed by atoms with van der Waals surface area (Å²) in [6, 6.07) is 6.29. The second-order valence-electron chi connectivity index (χ2n) is 5.07. The Morgan fingerprint density at radius 3 is 2.55 bits per heavy atom. The quantitative estimate of drug-likeness (QED) is 0.861. The van der Waals surface area contributed by atoms with E-state index in [1.54, 1.807) is 7.05 Å². The third-order valence-corrected chi connectivity index (χ3v) is 6.20. The molecule has 1 aliphatic rings. The van der Waals surface area contributed by atoms with Crippen molar-refractivity contribution in [3.05, 3.63) is 28.8 Å². The van der Waals surface area contributed by atoms with Gasteiger partial charge in [0.05, 0.1) is 16.7 Å². The maximum atomic E-state index is 12.7. The number of nitrogens with zero attached hydrogens (tertiary/aromatic N) is 2. The van der Waals surface area contributed by atoms with Gasteiger partial charge in [0.15, 0.2) is 0 Å². The summed E-state index contributed by atoms with van der Waals surface area (Å²) in [7, 11) is -2.05. The minimum Gasteiger partial charge on any atom is -0.207 e. The predicted molar refractivity (Wildman–Crippen MR) is 78.0 cm³/mol. The van der Waals surface area contributed by atoms with E-state index in [9.17, 15) is 8.42 Å². The number of nitriles is 1. The molecule has 20 heavy (non-hydrogen) atoms. The molecule has 1 aliphatic carbocycles. The number of rotatable bonds is 3. The van der Waals surface area contributed by atoms with E-state index in [-0.39, 0.29) is 16.0 Å². The topological polar surface area (TPSA) is 61.2 Å². The molecule has 0 saturated heterocycles. The lowest BCUT2D eigenvalue weighted by Gasteiger charge is -2.30. The molecular formula is C14H17ClN2O2S. The monoisotopic (exact) mass is 312 g/mol. The van der Waals surface area contributed by atoms with E-state index < -0.39 is 10.0 Å². The van der Waals surface area contributed by atoms with Crippen molar-refractivity contribution in [3.8, 4) is 6.07 Å². The van der Waals surface area contributed by atoms with Crippen molar-refractivity contribution in [3.63, 3.8) is 0 Å². The fourth-order valence-electron chi connectivity index (χ4n) is 2.57. The Kier molecular flexibility index (Phi) is 4.69. The van der Waals surface area contributed by atoms with Crippen molar-refractivity contribution >= 4 is 21.6 Å². The molecule has 0 amide bonds. The Hall–Kier alpha value is -1.09. The van der Waals surface area contributed by atoms with Crippen LogP contribution in [-0.2, 0) is 10.0 Å². The second-order valence-corrected chi connectivity index (χ2v) is 7.44. The zero-order chi connectivity index (χ0) is 14.8. The van der Waals surface area contributed by atoms with Gasteiger partial charge < -0.3 is 0 Å². The van der Waals surface area contributed by atoms with Crippen LogP contribution in [0.25, 0.3) is 0 Å². The Balaban J connectivity index is 2.36. The van der Waals surface area contributed by atoms with Gasteiger partial charge in [-0.1, -0.05) is 30.9 Å². The Labute approximate surface area is 125 Å². The average molecular weight is 313 g/mol. The molecule has 4 nitrogen and oxygen atoms in total. The molecule has 6 heteroatoms. The highest BCUT2D eigenvalue weighted by molar-refractivity contribution is 7.89. The molecule has 2 rings (SSSR count). The average Bonchev–Trinajstić information content (AvgIpc) is 2.47. The van der Waals surface area contributed by atoms with E-state index in [1.807, 2.05) is 6.07 Å². The minimum absolute atomic E-state index is 0.0197. The van der Waals surface area contributed by atoms with Gasteiger partial charge in [0.2, 0.25) is 10.0 Å². The van der Waals surface area contributed by atoms with Crippen molar-refractivity contribution in [2.24, 2.45) is 0 Å². The first kappa shape index (κ1) is 15.3. The molecule has 1 saturated carbocycles. The highest BCUT2D eigenvalue weighted by Gasteiger charge is 2.30. The lowest BCUT2D eigenvalue weighted by molar-refractivity contribution is 0.286. The first-order chi connectivity index (χ1) is 9.46. The van der Waals surface area contributed by atoms with E-state index >= 15 is 0 Å². The van der Waals surface area contributed by atoms with Gasteiger partial charge >= 0.3 is 0 Å². The lowest BCUT2D eigenvalue weighted by atomic mass is 9.96. The largest absolute Gasteiger partial charge is 0.244 e. The minimum atomic E-state index is -3.65. The Morgan fingerprint density at radius 1 is 1.30 bits per heavy atom. The molecule has 0 aliphatic heterocycles. The van der Waals surface area contributed by atoms with E-state index in [0.29, 0.717) is 5.56 Å². The Morgan fingerprint density at radius 2 is 1.95 bits per heavy atom. The number of hydrogen-bond donors (Lipinski definition) is 0. The van der Waals surface area contributed by atoms with Gasteiger partial charge in [0.25, 0.3) is 0 Å². The summed E-state index contributed by atoms with van der Waals surface area (Å²) in [6.07, 6.45) is 5.03. The van der Waals surface area contributed by atoms with Crippen LogP contribution in [0.1, 0.15) is 37.7 Å². The molecule has 0 bridgehead atoms. The molecule has 0 radical (unpaired) electrons. The zero-order valence-electron chi connectivity index (χ0n) is 11.3. The van der Waals surface area contributed by atoms with Crippen LogP contribution in [-0.4, -0.2) is 25.8 Å². The van der Waals surface area contributed by atoms with E-state index in [4.69, 9.17) is 16.9 Å². The summed E-state index contributed by atoms with van der Waals surface area (Å²) in [5.41, 5.74) is 0.296. The molecule has 1 fully saturated rings. The smallest absolute Gasteiger partial charge is 0.207 e. The van der Waals surface area contributed by atoms with Crippen LogP contribution in [0.4, 0.5) is 0 Å². The highest BCUT2D eigenvalue weighted by atomic mass is 35.5. The first-order valence-corrected chi connectivity index (χ1v) is 8.46. The SMILES string of the molecule is CN(C1CCCCC1)S(=O)(=O)c1cc(C#N)ccc1Cl. The van der Waals surface area contributed by atoms with E-state index in [2.05, 4.69) is 0 Å². The Bertz CT molecular complexity index is 631. The van der Waals surface area contributed by atoms with Crippen LogP contribution < -0.4 is 0 Å². The highest BCUT2D eigenvalue weighted by Crippen LogP contribution is 2.30. The summed E-state index contributed by atoms with van der Waals surface area (Å²) in [6.45, 7) is 0. The molecule has 0 N–H and O–H groups in total. The molecule has 0 aromatic heterocycles. The van der Waals surface area contributed by atoms with Gasteiger partial charge in [-0.15, -0.1) is 0 Å². The van der Waals surface area contributed by atoms with Crippen molar-refractivity contribution < 1.29 is 8.42 Å². The van der Waals surface area contributed by atoms with Gasteiger partial charge in [-0.25, -0.2) is 8.42 Å². The van der Waals surface area contributed by atoms with Gasteiger partial charge in [0, 0.05) is 13.1 Å². The lowest BCUT2D eigenvalue weighted by Crippen LogP contribution is -2.38. The third kappa shape index (κ3) is 2.98. The van der Waals surface area contributed by atoms with Crippen molar-refractivity contribution in [2.45, 2.75) is 43.0 Å². The second kappa shape index (κ2) is 6.13. The van der Waals surface area contributed by atoms with Crippen LogP contribution in [0.5, 0.6) is 0 Å². The van der Waals surface area contributed by atoms with Gasteiger partial charge in [-0.3, -0.25) is 0 Å². The summed E-state index contributed by atoms with van der Waals surface area (Å²) in [4.78, 5) is 0.0197. The summed E-state index contributed by atoms with van der Waals surface area (Å²) < 4.78 is 26.7. The molecule has 0 unspecified atom stereocenters. The predicted octanol–water partition coefficient (Wildman–Crippen LogP) is 3.16. The van der Waals surface area contributed by atoms with Crippen LogP contribution >= 0.6 is 11.6 Å². The summed E-state index contributed by atoms with van der Waals surface area (Å²) >= 11 is 6.01. The molecule has 0 atom stereocenters. The number of hydrogen-bond acceptors (Lipinski definition) is 3. The molecule has 1 aromatic rings. The normalized spacial score (nSPS) is 17.1. The fraction of sp³-hybridized carbons (Fsp3) is 0.500. The van der Waals surface area contributed by atoms with Crippen molar-refractivity contribution in [1.29, 1.82) is 5.26 Å². The maximum absolute atomic E-state index is 12.7. The molecule has 0 spiro atoms. The zero-order valence-corrected chi connectivity index (χ0v) is 12.9. The number of halogens is 1. The van der Waals surface area contributed by atoms with Crippen LogP contribution in [0.15, 0.2) is 23.1 Å². The summed E-state index contributed by atoms with van der Waals surface area (Å²) in [5, 5.41) is 9.06. The molecule has 108 valence electrons. The summed E-state index contributed by atoms with van der Waals surface area (Å²) in [5.74, 6) is 0. The number of sulfonamides is 1. The standard InChI is InChI=1S/C14H17ClN2O2S/c1-17(12-5-3-2-4-6-12)20(18,19)14-9-11(10-16)7-8-13(14)15/h7-9,12H,2-6H2,1H3. The third-order valence-electron chi connectivity index (χ3n) is 3.81. The van der Waals surface area contributed by atoms with Gasteiger partial charge in [-0.05, 0) is 31.0 Å². The van der Waals surface area contributed by atoms with Crippen molar-refractivity contribution in [1.82, 2.24) is 4.31 Å². The number of benzene rings is 1. The molecular weight excluding hydrogens is 296 g/mol. The maximum Gasteiger partial charge on any atom is 0.244 e. The first-order valence-electron chi connectivity index (χ1n) is 6.64. The van der Waals surface area contributed by atoms with E-state index in [0.717, 1.165) is 32.1 Å². The van der Waals surface area contributed by atoms with Crippen molar-refractivity contribution in [2.75, 3.05) is 7.05 Å². The molecule has 1 aromatic carbocycles. The fourth-order valence-corrected chi connectivity index (χ4v) is 4.48. The molecule has 0 heterocycles. The van der Waals surface area contributed by atoms with Gasteiger partial charge in [0.1, 0.15) is 4.90 Å². The van der Waals surface area contributed by atoms with Crippen LogP contribution in [0.3, 0.4) is 0 Å². The van der Waals surface area contributed by atoms with Gasteiger partial charge in [-0.2, -0.15) is 9.57 Å². The van der Waals surface area contributed by atoms with Crippen LogP contribution in [0.2, 0.25) is 5.02 Å².